The first-order valence-corrected chi connectivity index (χ1v) is 9.74. The maximum atomic E-state index is 13.0. The number of esters is 1. The number of anilines is 4. The lowest BCUT2D eigenvalue weighted by atomic mass is 9.98. The lowest BCUT2D eigenvalue weighted by molar-refractivity contribution is -0.148. The van der Waals surface area contributed by atoms with E-state index in [1.54, 1.807) is 6.92 Å². The number of nitrogens with two attached hydrogens (primary N) is 1. The Balaban J connectivity index is 1.85. The topological polar surface area (TPSA) is 93.4 Å². The number of nitrogen functional groups attached to an aromatic ring is 1. The maximum absolute atomic E-state index is 13.0. The fourth-order valence-electron chi connectivity index (χ4n) is 3.28. The van der Waals surface area contributed by atoms with Crippen molar-refractivity contribution in [3.63, 3.8) is 0 Å². The summed E-state index contributed by atoms with van der Waals surface area (Å²) in [7, 11) is 0. The van der Waals surface area contributed by atoms with Crippen LogP contribution in [0.25, 0.3) is 0 Å². The number of hydrogen-bond acceptors (Lipinski definition) is 7. The highest BCUT2D eigenvalue weighted by molar-refractivity contribution is 6.33. The van der Waals surface area contributed by atoms with Gasteiger partial charge in [-0.15, -0.1) is 0 Å². The summed E-state index contributed by atoms with van der Waals surface area (Å²) < 4.78 is 44.1. The average molecular weight is 444 g/mol. The van der Waals surface area contributed by atoms with Crippen LogP contribution in [0.15, 0.2) is 24.5 Å². The molecular formula is C19H21ClF3N5O2. The Morgan fingerprint density at radius 2 is 2.17 bits per heavy atom. The van der Waals surface area contributed by atoms with Gasteiger partial charge in [0.25, 0.3) is 0 Å². The van der Waals surface area contributed by atoms with Crippen LogP contribution in [0.2, 0.25) is 5.02 Å². The van der Waals surface area contributed by atoms with Gasteiger partial charge in [-0.05, 0) is 38.0 Å². The smallest absolute Gasteiger partial charge is 0.416 e. The first-order chi connectivity index (χ1) is 14.2. The predicted octanol–water partition coefficient (Wildman–Crippen LogP) is 4.25. The van der Waals surface area contributed by atoms with E-state index in [1.165, 1.54) is 6.33 Å². The highest BCUT2D eigenvalue weighted by Gasteiger charge is 2.31. The van der Waals surface area contributed by atoms with Gasteiger partial charge in [-0.25, -0.2) is 9.97 Å². The molecule has 1 saturated heterocycles. The zero-order chi connectivity index (χ0) is 21.9. The number of piperidine rings is 1. The number of rotatable bonds is 5. The van der Waals surface area contributed by atoms with Crippen LogP contribution in [0.1, 0.15) is 25.3 Å². The van der Waals surface area contributed by atoms with Crippen molar-refractivity contribution in [2.45, 2.75) is 25.9 Å². The minimum absolute atomic E-state index is 0.0193. The van der Waals surface area contributed by atoms with Gasteiger partial charge in [0.2, 0.25) is 0 Å². The van der Waals surface area contributed by atoms with Crippen LogP contribution >= 0.6 is 11.6 Å². The van der Waals surface area contributed by atoms with Crippen LogP contribution in [0.5, 0.6) is 0 Å². The molecule has 0 aliphatic carbocycles. The standard InChI is InChI=1S/C19H21ClF3N5O2/c1-2-30-18(29)11-4-3-7-28(9-11)17-15(24)16(25-10-26-17)27-14-8-12(19(21,22)23)5-6-13(14)20/h5-6,8,10-11H,2-4,7,9,24H2,1H3,(H,25,26,27). The van der Waals surface area contributed by atoms with Gasteiger partial charge >= 0.3 is 12.1 Å². The number of ether oxygens (including phenoxy) is 1. The Morgan fingerprint density at radius 3 is 2.87 bits per heavy atom. The molecule has 11 heteroatoms. The average Bonchev–Trinajstić information content (AvgIpc) is 2.70. The number of carbonyl (C=O) groups excluding carboxylic acids is 1. The number of nitrogens with one attached hydrogen (secondary N) is 1. The molecule has 7 nitrogen and oxygen atoms in total. The fourth-order valence-corrected chi connectivity index (χ4v) is 3.45. The van der Waals surface area contributed by atoms with Crippen LogP contribution in [-0.4, -0.2) is 35.6 Å². The second-order valence-corrected chi connectivity index (χ2v) is 7.22. The molecule has 1 fully saturated rings. The molecule has 3 N–H and O–H groups in total. The van der Waals surface area contributed by atoms with Crippen LogP contribution in [-0.2, 0) is 15.7 Å². The van der Waals surface area contributed by atoms with E-state index in [0.717, 1.165) is 24.6 Å². The second-order valence-electron chi connectivity index (χ2n) is 6.81. The fraction of sp³-hybridized carbons (Fsp3) is 0.421. The van der Waals surface area contributed by atoms with Crippen molar-refractivity contribution < 1.29 is 22.7 Å². The molecule has 2 heterocycles. The molecule has 162 valence electrons. The van der Waals surface area contributed by atoms with E-state index in [2.05, 4.69) is 15.3 Å². The summed E-state index contributed by atoms with van der Waals surface area (Å²) in [5, 5.41) is 2.85. The zero-order valence-electron chi connectivity index (χ0n) is 16.2. The summed E-state index contributed by atoms with van der Waals surface area (Å²) in [5.74, 6) is -0.0598. The summed E-state index contributed by atoms with van der Waals surface area (Å²) in [5.41, 5.74) is 5.52. The van der Waals surface area contributed by atoms with Gasteiger partial charge < -0.3 is 20.7 Å². The lowest BCUT2D eigenvalue weighted by Gasteiger charge is -2.33. The van der Waals surface area contributed by atoms with Gasteiger partial charge in [0.15, 0.2) is 11.6 Å². The lowest BCUT2D eigenvalue weighted by Crippen LogP contribution is -2.40. The maximum Gasteiger partial charge on any atom is 0.416 e. The third-order valence-electron chi connectivity index (χ3n) is 4.75. The highest BCUT2D eigenvalue weighted by atomic mass is 35.5. The number of halogens is 4. The Bertz CT molecular complexity index is 926. The summed E-state index contributed by atoms with van der Waals surface area (Å²) in [6, 6.07) is 2.94. The zero-order valence-corrected chi connectivity index (χ0v) is 16.9. The number of alkyl halides is 3. The van der Waals surface area contributed by atoms with Crippen molar-refractivity contribution in [3.05, 3.63) is 35.1 Å². The first kappa shape index (κ1) is 21.9. The van der Waals surface area contributed by atoms with Gasteiger partial charge in [0, 0.05) is 13.1 Å². The summed E-state index contributed by atoms with van der Waals surface area (Å²) >= 11 is 6.04. The Labute approximate surface area is 176 Å². The normalized spacial score (nSPS) is 17.0. The van der Waals surface area contributed by atoms with E-state index in [9.17, 15) is 18.0 Å². The predicted molar refractivity (Wildman–Crippen MR) is 108 cm³/mol. The minimum Gasteiger partial charge on any atom is -0.466 e. The van der Waals surface area contributed by atoms with E-state index < -0.39 is 11.7 Å². The molecule has 0 spiro atoms. The van der Waals surface area contributed by atoms with Crippen molar-refractivity contribution in [1.29, 1.82) is 0 Å². The van der Waals surface area contributed by atoms with Crippen LogP contribution in [0.4, 0.5) is 36.2 Å². The first-order valence-electron chi connectivity index (χ1n) is 9.36. The van der Waals surface area contributed by atoms with Crippen molar-refractivity contribution in [2.75, 3.05) is 35.6 Å². The molecule has 30 heavy (non-hydrogen) atoms. The molecule has 0 amide bonds. The van der Waals surface area contributed by atoms with Crippen molar-refractivity contribution >= 4 is 40.6 Å². The third kappa shape index (κ3) is 4.86. The molecule has 0 saturated carbocycles. The summed E-state index contributed by atoms with van der Waals surface area (Å²) in [6.07, 6.45) is -1.82. The molecule has 1 aliphatic heterocycles. The van der Waals surface area contributed by atoms with Gasteiger partial charge in [0.05, 0.1) is 28.8 Å². The molecule has 1 aromatic carbocycles. The van der Waals surface area contributed by atoms with Crippen LogP contribution in [0.3, 0.4) is 0 Å². The molecule has 2 aromatic rings. The summed E-state index contributed by atoms with van der Waals surface area (Å²) in [6.45, 7) is 3.05. The monoisotopic (exact) mass is 443 g/mol. The molecule has 3 rings (SSSR count). The number of nitrogens with zero attached hydrogens (tertiary/aromatic N) is 3. The van der Waals surface area contributed by atoms with Gasteiger partial charge in [0.1, 0.15) is 12.0 Å². The number of benzene rings is 1. The third-order valence-corrected chi connectivity index (χ3v) is 5.08. The summed E-state index contributed by atoms with van der Waals surface area (Å²) in [4.78, 5) is 22.2. The quantitative estimate of drug-likeness (QED) is 0.667. The molecule has 1 unspecified atom stereocenters. The largest absolute Gasteiger partial charge is 0.466 e. The van der Waals surface area contributed by atoms with Crippen LogP contribution in [0, 0.1) is 5.92 Å². The molecule has 1 aliphatic rings. The van der Waals surface area contributed by atoms with Gasteiger partial charge in [-0.3, -0.25) is 4.79 Å². The van der Waals surface area contributed by atoms with Crippen molar-refractivity contribution in [3.8, 4) is 0 Å². The van der Waals surface area contributed by atoms with Gasteiger partial charge in [-0.1, -0.05) is 11.6 Å². The van der Waals surface area contributed by atoms with Gasteiger partial charge in [-0.2, -0.15) is 13.2 Å². The van der Waals surface area contributed by atoms with E-state index in [0.29, 0.717) is 31.9 Å². The Morgan fingerprint density at radius 1 is 1.40 bits per heavy atom. The van der Waals surface area contributed by atoms with E-state index in [-0.39, 0.29) is 34.1 Å². The second kappa shape index (κ2) is 8.95. The SMILES string of the molecule is CCOC(=O)C1CCCN(c2ncnc(Nc3cc(C(F)(F)F)ccc3Cl)c2N)C1. The molecule has 1 aromatic heterocycles. The highest BCUT2D eigenvalue weighted by Crippen LogP contribution is 2.37. The van der Waals surface area contributed by atoms with E-state index in [1.807, 2.05) is 4.90 Å². The van der Waals surface area contributed by atoms with Crippen molar-refractivity contribution in [1.82, 2.24) is 9.97 Å². The number of hydrogen-bond donors (Lipinski definition) is 2. The Kier molecular flexibility index (Phi) is 6.55. The van der Waals surface area contributed by atoms with Crippen LogP contribution < -0.4 is 16.0 Å². The molecular weight excluding hydrogens is 423 g/mol. The number of aromatic nitrogens is 2. The molecule has 1 atom stereocenters. The van der Waals surface area contributed by atoms with Crippen molar-refractivity contribution in [2.24, 2.45) is 5.92 Å². The molecule has 0 radical (unpaired) electrons. The molecule has 0 bridgehead atoms. The van der Waals surface area contributed by atoms with E-state index >= 15 is 0 Å². The van der Waals surface area contributed by atoms with E-state index in [4.69, 9.17) is 22.1 Å². The minimum atomic E-state index is -4.51. The Hall–Kier alpha value is -2.75. The number of carbonyl (C=O) groups is 1.